The predicted molar refractivity (Wildman–Crippen MR) is 100 cm³/mol. The molecule has 0 aliphatic heterocycles. The third-order valence-electron chi connectivity index (χ3n) is 3.64. The van der Waals surface area contributed by atoms with Crippen LogP contribution in [0.4, 0.5) is 27.3 Å². The van der Waals surface area contributed by atoms with Gasteiger partial charge in [0.1, 0.15) is 23.7 Å². The molecule has 1 aromatic heterocycles. The number of rotatable bonds is 5. The first-order valence-electron chi connectivity index (χ1n) is 7.94. The van der Waals surface area contributed by atoms with Gasteiger partial charge in [-0.05, 0) is 42.5 Å². The number of halogens is 1. The summed E-state index contributed by atoms with van der Waals surface area (Å²) in [5.41, 5.74) is 2.46. The van der Waals surface area contributed by atoms with Crippen LogP contribution in [0.3, 0.4) is 0 Å². The molecule has 0 fully saturated rings. The molecular formula is C19H18FN5O. The number of nitrogens with one attached hydrogen (secondary N) is 2. The summed E-state index contributed by atoms with van der Waals surface area (Å²) in [6, 6.07) is 15.0. The summed E-state index contributed by atoms with van der Waals surface area (Å²) >= 11 is 0. The quantitative estimate of drug-likeness (QED) is 0.734. The van der Waals surface area contributed by atoms with Crippen molar-refractivity contribution in [3.63, 3.8) is 0 Å². The van der Waals surface area contributed by atoms with Crippen LogP contribution in [0, 0.1) is 5.82 Å². The smallest absolute Gasteiger partial charge is 0.274 e. The second-order valence-corrected chi connectivity index (χ2v) is 5.82. The highest BCUT2D eigenvalue weighted by Gasteiger charge is 2.10. The maximum atomic E-state index is 13.2. The van der Waals surface area contributed by atoms with E-state index in [-0.39, 0.29) is 5.69 Å². The van der Waals surface area contributed by atoms with Crippen molar-refractivity contribution < 1.29 is 9.18 Å². The van der Waals surface area contributed by atoms with E-state index in [1.807, 2.05) is 43.3 Å². The summed E-state index contributed by atoms with van der Waals surface area (Å²) in [4.78, 5) is 22.4. The first kappa shape index (κ1) is 17.3. The van der Waals surface area contributed by atoms with E-state index in [0.29, 0.717) is 11.5 Å². The Kier molecular flexibility index (Phi) is 5.07. The van der Waals surface area contributed by atoms with Gasteiger partial charge >= 0.3 is 0 Å². The van der Waals surface area contributed by atoms with Gasteiger partial charge in [-0.15, -0.1) is 0 Å². The first-order chi connectivity index (χ1) is 12.5. The zero-order chi connectivity index (χ0) is 18.5. The highest BCUT2D eigenvalue weighted by atomic mass is 19.1. The molecular weight excluding hydrogens is 333 g/mol. The van der Waals surface area contributed by atoms with Crippen molar-refractivity contribution in [1.82, 2.24) is 9.97 Å². The largest absolute Gasteiger partial charge is 0.378 e. The van der Waals surface area contributed by atoms with Crippen LogP contribution in [0.15, 0.2) is 60.9 Å². The van der Waals surface area contributed by atoms with Gasteiger partial charge in [-0.1, -0.05) is 6.07 Å². The van der Waals surface area contributed by atoms with Gasteiger partial charge in [0, 0.05) is 37.2 Å². The van der Waals surface area contributed by atoms with Crippen molar-refractivity contribution in [2.24, 2.45) is 0 Å². The van der Waals surface area contributed by atoms with E-state index in [0.717, 1.165) is 11.4 Å². The average molecular weight is 351 g/mol. The number of hydrogen-bond donors (Lipinski definition) is 2. The normalized spacial score (nSPS) is 10.3. The lowest BCUT2D eigenvalue weighted by molar-refractivity contribution is 0.102. The molecule has 7 heteroatoms. The van der Waals surface area contributed by atoms with E-state index in [4.69, 9.17) is 0 Å². The van der Waals surface area contributed by atoms with Crippen molar-refractivity contribution in [2.75, 3.05) is 29.6 Å². The highest BCUT2D eigenvalue weighted by molar-refractivity contribution is 6.03. The number of benzene rings is 2. The molecule has 0 radical (unpaired) electrons. The Balaban J connectivity index is 1.72. The van der Waals surface area contributed by atoms with E-state index >= 15 is 0 Å². The van der Waals surface area contributed by atoms with Crippen LogP contribution in [0.1, 0.15) is 10.5 Å². The molecule has 1 amide bonds. The fourth-order valence-corrected chi connectivity index (χ4v) is 2.30. The molecule has 0 unspecified atom stereocenters. The minimum Gasteiger partial charge on any atom is -0.378 e. The topological polar surface area (TPSA) is 70.2 Å². The van der Waals surface area contributed by atoms with Crippen molar-refractivity contribution >= 4 is 28.8 Å². The summed E-state index contributed by atoms with van der Waals surface area (Å²) in [6.45, 7) is 0. The SMILES string of the molecule is CN(C)c1ccc(Nc2cc(C(=O)Nc3cccc(F)c3)ncn2)cc1. The second kappa shape index (κ2) is 7.60. The van der Waals surface area contributed by atoms with E-state index in [9.17, 15) is 9.18 Å². The van der Waals surface area contributed by atoms with E-state index in [1.165, 1.54) is 30.6 Å². The molecule has 3 aromatic rings. The van der Waals surface area contributed by atoms with Crippen LogP contribution in [0.25, 0.3) is 0 Å². The van der Waals surface area contributed by atoms with Gasteiger partial charge in [0.15, 0.2) is 0 Å². The van der Waals surface area contributed by atoms with Gasteiger partial charge in [-0.25, -0.2) is 14.4 Å². The zero-order valence-corrected chi connectivity index (χ0v) is 14.4. The van der Waals surface area contributed by atoms with Gasteiger partial charge in [-0.2, -0.15) is 0 Å². The third kappa shape index (κ3) is 4.32. The second-order valence-electron chi connectivity index (χ2n) is 5.82. The lowest BCUT2D eigenvalue weighted by Crippen LogP contribution is -2.14. The van der Waals surface area contributed by atoms with Gasteiger partial charge in [-0.3, -0.25) is 4.79 Å². The summed E-state index contributed by atoms with van der Waals surface area (Å²) in [5.74, 6) is -0.375. The summed E-state index contributed by atoms with van der Waals surface area (Å²) in [5, 5.41) is 5.74. The Hall–Kier alpha value is -3.48. The average Bonchev–Trinajstić information content (AvgIpc) is 2.62. The molecule has 0 aliphatic rings. The molecule has 2 N–H and O–H groups in total. The molecule has 132 valence electrons. The van der Waals surface area contributed by atoms with Gasteiger partial charge in [0.25, 0.3) is 5.91 Å². The van der Waals surface area contributed by atoms with E-state index < -0.39 is 11.7 Å². The zero-order valence-electron chi connectivity index (χ0n) is 14.4. The highest BCUT2D eigenvalue weighted by Crippen LogP contribution is 2.19. The number of aromatic nitrogens is 2. The van der Waals surface area contributed by atoms with Crippen LogP contribution >= 0.6 is 0 Å². The molecule has 0 saturated heterocycles. The summed E-state index contributed by atoms with van der Waals surface area (Å²) in [7, 11) is 3.94. The maximum absolute atomic E-state index is 13.2. The molecule has 2 aromatic carbocycles. The first-order valence-corrected chi connectivity index (χ1v) is 7.94. The third-order valence-corrected chi connectivity index (χ3v) is 3.64. The number of carbonyl (C=O) groups is 1. The Labute approximate surface area is 150 Å². The standard InChI is InChI=1S/C19H18FN5O/c1-25(2)16-8-6-14(7-9-16)23-18-11-17(21-12-22-18)19(26)24-15-5-3-4-13(20)10-15/h3-12H,1-2H3,(H,24,26)(H,21,22,23). The lowest BCUT2D eigenvalue weighted by atomic mass is 10.2. The number of nitrogens with zero attached hydrogens (tertiary/aromatic N) is 3. The maximum Gasteiger partial charge on any atom is 0.274 e. The Morgan fingerprint density at radius 2 is 1.77 bits per heavy atom. The number of amides is 1. The monoisotopic (exact) mass is 351 g/mol. The lowest BCUT2D eigenvalue weighted by Gasteiger charge is -2.13. The van der Waals surface area contributed by atoms with Crippen LogP contribution in [0.5, 0.6) is 0 Å². The number of anilines is 4. The molecule has 6 nitrogen and oxygen atoms in total. The van der Waals surface area contributed by atoms with Crippen LogP contribution < -0.4 is 15.5 Å². The Bertz CT molecular complexity index is 912. The molecule has 26 heavy (non-hydrogen) atoms. The van der Waals surface area contributed by atoms with E-state index in [1.54, 1.807) is 6.07 Å². The van der Waals surface area contributed by atoms with Crippen LogP contribution in [-0.4, -0.2) is 30.0 Å². The molecule has 1 heterocycles. The predicted octanol–water partition coefficient (Wildman–Crippen LogP) is 3.68. The van der Waals surface area contributed by atoms with Gasteiger partial charge < -0.3 is 15.5 Å². The summed E-state index contributed by atoms with van der Waals surface area (Å²) < 4.78 is 13.2. The fraction of sp³-hybridized carbons (Fsp3) is 0.105. The Morgan fingerprint density at radius 1 is 1.00 bits per heavy atom. The van der Waals surface area contributed by atoms with Crippen molar-refractivity contribution in [3.8, 4) is 0 Å². The van der Waals surface area contributed by atoms with E-state index in [2.05, 4.69) is 20.6 Å². The van der Waals surface area contributed by atoms with Crippen LogP contribution in [0.2, 0.25) is 0 Å². The van der Waals surface area contributed by atoms with Crippen LogP contribution in [-0.2, 0) is 0 Å². The Morgan fingerprint density at radius 3 is 2.46 bits per heavy atom. The molecule has 0 atom stereocenters. The van der Waals surface area contributed by atoms with Gasteiger partial charge in [0.2, 0.25) is 0 Å². The minimum absolute atomic E-state index is 0.177. The number of carbonyl (C=O) groups excluding carboxylic acids is 1. The minimum atomic E-state index is -0.441. The molecule has 0 bridgehead atoms. The molecule has 0 saturated carbocycles. The van der Waals surface area contributed by atoms with Crippen molar-refractivity contribution in [2.45, 2.75) is 0 Å². The number of hydrogen-bond acceptors (Lipinski definition) is 5. The molecule has 0 spiro atoms. The molecule has 0 aliphatic carbocycles. The van der Waals surface area contributed by atoms with Crippen molar-refractivity contribution in [3.05, 3.63) is 72.4 Å². The fourth-order valence-electron chi connectivity index (χ4n) is 2.30. The summed E-state index contributed by atoms with van der Waals surface area (Å²) in [6.07, 6.45) is 1.30. The van der Waals surface area contributed by atoms with Gasteiger partial charge in [0.05, 0.1) is 0 Å². The molecule has 3 rings (SSSR count). The van der Waals surface area contributed by atoms with Crippen molar-refractivity contribution in [1.29, 1.82) is 0 Å².